The number of likely N-dealkylation sites (N-methyl/N-ethyl adjacent to an activating group) is 2. The topological polar surface area (TPSA) is 234 Å². The Labute approximate surface area is 296 Å². The molecule has 2 aromatic rings. The summed E-state index contributed by atoms with van der Waals surface area (Å²) in [7, 11) is -0.457. The highest BCUT2D eigenvalue weighted by atomic mass is 32.2. The fourth-order valence-corrected chi connectivity index (χ4v) is 5.15. The molecule has 1 aromatic heterocycles. The van der Waals surface area contributed by atoms with Crippen LogP contribution in [-0.4, -0.2) is 137 Å². The van der Waals surface area contributed by atoms with Gasteiger partial charge in [-0.05, 0) is 73.6 Å². The van der Waals surface area contributed by atoms with Gasteiger partial charge in [0, 0.05) is 23.3 Å². The average molecular weight is 771 g/mol. The van der Waals surface area contributed by atoms with Gasteiger partial charge in [-0.2, -0.15) is 16.8 Å². The highest BCUT2D eigenvalue weighted by Gasteiger charge is 2.49. The molecule has 0 radical (unpaired) electrons. The second-order valence-corrected chi connectivity index (χ2v) is 16.8. The van der Waals surface area contributed by atoms with Crippen molar-refractivity contribution in [1.82, 2.24) is 9.80 Å². The van der Waals surface area contributed by atoms with Crippen molar-refractivity contribution in [2.75, 3.05) is 59.5 Å². The van der Waals surface area contributed by atoms with Crippen LogP contribution in [0.15, 0.2) is 33.5 Å². The first-order valence-electron chi connectivity index (χ1n) is 14.7. The number of nitrogens with zero attached hydrogens (tertiary/aromatic N) is 2. The number of ether oxygens (including phenoxy) is 4. The van der Waals surface area contributed by atoms with Crippen molar-refractivity contribution in [2.45, 2.75) is 51.4 Å². The molecular formula is C30H46N2O15S3. The van der Waals surface area contributed by atoms with Gasteiger partial charge in [-0.3, -0.25) is 33.3 Å². The van der Waals surface area contributed by atoms with Gasteiger partial charge in [0.2, 0.25) is 0 Å². The predicted molar refractivity (Wildman–Crippen MR) is 185 cm³/mol. The fraction of sp³-hybridized carbons (Fsp3) is 0.600. The minimum atomic E-state index is -3.67. The van der Waals surface area contributed by atoms with E-state index in [1.807, 2.05) is 6.92 Å². The number of aryl methyl sites for hydroxylation is 1. The van der Waals surface area contributed by atoms with Crippen LogP contribution in [0, 0.1) is 12.3 Å². The van der Waals surface area contributed by atoms with Crippen molar-refractivity contribution in [3.8, 4) is 5.75 Å². The van der Waals surface area contributed by atoms with Crippen LogP contribution in [0.25, 0.3) is 11.0 Å². The van der Waals surface area contributed by atoms with E-state index in [4.69, 9.17) is 32.5 Å². The Morgan fingerprint density at radius 3 is 1.82 bits per heavy atom. The zero-order valence-electron chi connectivity index (χ0n) is 29.6. The second-order valence-electron chi connectivity index (χ2n) is 12.8. The predicted octanol–water partition coefficient (Wildman–Crippen LogP) is 1.47. The Hall–Kier alpha value is -3.27. The minimum absolute atomic E-state index is 0.0287. The number of thioether (sulfide) groups is 1. The highest BCUT2D eigenvalue weighted by molar-refractivity contribution is 7.99. The molecule has 1 aliphatic heterocycles. The van der Waals surface area contributed by atoms with Gasteiger partial charge in [0.15, 0.2) is 23.7 Å². The Morgan fingerprint density at radius 1 is 0.880 bits per heavy atom. The number of carbonyl (C=O) groups is 3. The number of hydrogen-bond acceptors (Lipinski definition) is 16. The molecule has 1 saturated heterocycles. The van der Waals surface area contributed by atoms with E-state index in [0.717, 1.165) is 10.9 Å². The lowest BCUT2D eigenvalue weighted by Gasteiger charge is -2.41. The maximum atomic E-state index is 12.8. The number of carbonyl (C=O) groups excluding carboxylic acids is 3. The third-order valence-corrected chi connectivity index (χ3v) is 7.07. The van der Waals surface area contributed by atoms with Gasteiger partial charge in [-0.25, -0.2) is 4.79 Å². The Bertz CT molecular complexity index is 1700. The monoisotopic (exact) mass is 770 g/mol. The number of esters is 3. The molecule has 284 valence electrons. The molecule has 0 saturated carbocycles. The molecule has 4 atom stereocenters. The van der Waals surface area contributed by atoms with E-state index < -0.39 is 72.9 Å². The summed E-state index contributed by atoms with van der Waals surface area (Å²) in [6.45, 7) is 6.91. The summed E-state index contributed by atoms with van der Waals surface area (Å²) in [5, 5.41) is 0.752. The number of benzene rings is 1. The molecule has 2 N–H and O–H groups in total. The lowest BCUT2D eigenvalue weighted by atomic mass is 9.97. The first-order chi connectivity index (χ1) is 22.6. The van der Waals surface area contributed by atoms with E-state index >= 15 is 0 Å². The fourth-order valence-electron chi connectivity index (χ4n) is 3.93. The number of hydrogen-bond donors (Lipinski definition) is 2. The second kappa shape index (κ2) is 18.8. The summed E-state index contributed by atoms with van der Waals surface area (Å²) in [6, 6.07) is 6.48. The van der Waals surface area contributed by atoms with E-state index in [-0.39, 0.29) is 18.8 Å². The molecular weight excluding hydrogens is 725 g/mol. The quantitative estimate of drug-likeness (QED) is 0.159. The smallest absolute Gasteiger partial charge is 0.336 e. The Balaban J connectivity index is 0.00000109. The number of fused-ring (bicyclic) bond motifs is 1. The molecule has 50 heavy (non-hydrogen) atoms. The maximum absolute atomic E-state index is 12.8. The average Bonchev–Trinajstić information content (AvgIpc) is 2.88. The molecule has 1 aliphatic rings. The standard InChI is InChI=1S/C28H38N2O9S.2CH4O3S/c1-16-11-21(31)36-19-12-17(9-10-18(16)19)35-26-25(39-23(33)14-30(7)8)24(38-22(32)13-29(5)6)20(15-40-26)37-27(34)28(2,3)4;2*1-5(2,3)4/h9-12,20,24-26H,13-15H2,1-8H3;2*1H3,(H,2,3,4)/t20-,24+,25-,26-;;/m1../s1. The summed E-state index contributed by atoms with van der Waals surface area (Å²) in [4.78, 5) is 53.6. The highest BCUT2D eigenvalue weighted by Crippen LogP contribution is 2.36. The van der Waals surface area contributed by atoms with Crippen molar-refractivity contribution in [3.05, 3.63) is 40.2 Å². The van der Waals surface area contributed by atoms with Gasteiger partial charge >= 0.3 is 23.5 Å². The zero-order chi connectivity index (χ0) is 38.8. The summed E-state index contributed by atoms with van der Waals surface area (Å²) >= 11 is 1.26. The van der Waals surface area contributed by atoms with Crippen molar-refractivity contribution in [3.63, 3.8) is 0 Å². The van der Waals surface area contributed by atoms with Crippen molar-refractivity contribution < 1.29 is 63.7 Å². The van der Waals surface area contributed by atoms with Crippen molar-refractivity contribution in [2.24, 2.45) is 5.41 Å². The van der Waals surface area contributed by atoms with Gasteiger partial charge < -0.3 is 23.4 Å². The van der Waals surface area contributed by atoms with Crippen LogP contribution < -0.4 is 10.4 Å². The van der Waals surface area contributed by atoms with E-state index in [2.05, 4.69) is 0 Å². The molecule has 17 nitrogen and oxygen atoms in total. The van der Waals surface area contributed by atoms with Crippen molar-refractivity contribution >= 4 is 60.9 Å². The summed E-state index contributed by atoms with van der Waals surface area (Å²) in [6.07, 6.45) is -1.70. The van der Waals surface area contributed by atoms with E-state index in [0.29, 0.717) is 23.8 Å². The van der Waals surface area contributed by atoms with Gasteiger partial charge in [-0.1, -0.05) is 0 Å². The SMILES string of the molecule is CS(=O)(=O)O.CS(=O)(=O)O.Cc1cc(=O)oc2cc(O[C@@H]3SC[C@@H](OC(=O)C(C)(C)C)[C@H](OC(=O)CN(C)C)[C@H]3OC(=O)CN(C)C)ccc12. The summed E-state index contributed by atoms with van der Waals surface area (Å²) in [5.74, 6) is -1.05. The minimum Gasteiger partial charge on any atom is -0.476 e. The first-order valence-corrected chi connectivity index (χ1v) is 19.5. The van der Waals surface area contributed by atoms with Crippen LogP contribution in [0.1, 0.15) is 26.3 Å². The van der Waals surface area contributed by atoms with Gasteiger partial charge in [0.1, 0.15) is 11.3 Å². The molecule has 0 aliphatic carbocycles. The molecule has 3 rings (SSSR count). The van der Waals surface area contributed by atoms with Crippen LogP contribution >= 0.6 is 11.8 Å². The Morgan fingerprint density at radius 2 is 1.36 bits per heavy atom. The molecule has 2 heterocycles. The summed E-state index contributed by atoms with van der Waals surface area (Å²) in [5.41, 5.74) is -1.02. The Kier molecular flexibility index (Phi) is 16.8. The molecule has 1 aromatic carbocycles. The van der Waals surface area contributed by atoms with Gasteiger partial charge in [0.05, 0.1) is 31.0 Å². The lowest BCUT2D eigenvalue weighted by molar-refractivity contribution is -0.192. The van der Waals surface area contributed by atoms with E-state index in [9.17, 15) is 36.0 Å². The van der Waals surface area contributed by atoms with Crippen LogP contribution in [-0.2, 0) is 48.8 Å². The van der Waals surface area contributed by atoms with Gasteiger partial charge in [0.25, 0.3) is 20.2 Å². The van der Waals surface area contributed by atoms with Crippen LogP contribution in [0.2, 0.25) is 0 Å². The lowest BCUT2D eigenvalue weighted by Crippen LogP contribution is -2.57. The van der Waals surface area contributed by atoms with E-state index in [1.165, 1.54) is 17.8 Å². The molecule has 0 unspecified atom stereocenters. The largest absolute Gasteiger partial charge is 0.476 e. The molecule has 20 heteroatoms. The normalized spacial score (nSPS) is 19.4. The molecule has 1 fully saturated rings. The number of rotatable bonds is 9. The summed E-state index contributed by atoms with van der Waals surface area (Å²) < 4.78 is 80.8. The van der Waals surface area contributed by atoms with Crippen LogP contribution in [0.4, 0.5) is 0 Å². The van der Waals surface area contributed by atoms with Crippen LogP contribution in [0.3, 0.4) is 0 Å². The zero-order valence-corrected chi connectivity index (χ0v) is 32.0. The maximum Gasteiger partial charge on any atom is 0.336 e. The molecule has 0 amide bonds. The molecule has 0 bridgehead atoms. The van der Waals surface area contributed by atoms with E-state index in [1.54, 1.807) is 77.0 Å². The van der Waals surface area contributed by atoms with Gasteiger partial charge in [-0.15, -0.1) is 11.8 Å². The van der Waals surface area contributed by atoms with Crippen LogP contribution in [0.5, 0.6) is 5.75 Å². The third-order valence-electron chi connectivity index (χ3n) is 5.85. The first kappa shape index (κ1) is 44.8. The third kappa shape index (κ3) is 18.1. The van der Waals surface area contributed by atoms with Crippen molar-refractivity contribution in [1.29, 1.82) is 0 Å². The molecule has 0 spiro atoms.